The minimum Gasteiger partial charge on any atom is -0.466 e. The molecule has 2 aliphatic rings. The molecule has 0 radical (unpaired) electrons. The molecule has 7 heteroatoms. The van der Waals surface area contributed by atoms with E-state index >= 15 is 0 Å². The Morgan fingerprint density at radius 1 is 1.32 bits per heavy atom. The van der Waals surface area contributed by atoms with Crippen molar-refractivity contribution in [2.45, 2.75) is 69.5 Å². The van der Waals surface area contributed by atoms with Gasteiger partial charge < -0.3 is 24.4 Å². The van der Waals surface area contributed by atoms with Gasteiger partial charge >= 0.3 is 5.97 Å². The summed E-state index contributed by atoms with van der Waals surface area (Å²) < 4.78 is 16.0. The second-order valence-electron chi connectivity index (χ2n) is 7.24. The van der Waals surface area contributed by atoms with Crippen molar-refractivity contribution in [1.29, 1.82) is 0 Å². The standard InChI is InChI=1S/C18H29ClO6/c1-9(6-15(20)23-4)5-13-17(22)16(21)12(8-24-13)7-14-18(25-14)10(2)11(3)19/h6,10-14,16-18,21-22H,5,7-8H2,1-4H3/b9-6+/t10-,11+,12-,13-,14-,16+,17-,18-/m0/s1. The molecular formula is C18H29ClO6. The molecule has 6 nitrogen and oxygen atoms in total. The first-order valence-corrected chi connectivity index (χ1v) is 9.20. The van der Waals surface area contributed by atoms with Crippen LogP contribution in [0.15, 0.2) is 11.6 Å². The number of alkyl halides is 1. The highest BCUT2D eigenvalue weighted by molar-refractivity contribution is 6.20. The summed E-state index contributed by atoms with van der Waals surface area (Å²) in [5.41, 5.74) is 0.733. The lowest BCUT2D eigenvalue weighted by Gasteiger charge is -2.38. The first-order chi connectivity index (χ1) is 11.7. The third-order valence-corrected chi connectivity index (χ3v) is 5.62. The van der Waals surface area contributed by atoms with Crippen LogP contribution in [0.1, 0.15) is 33.6 Å². The zero-order chi connectivity index (χ0) is 18.7. The quantitative estimate of drug-likeness (QED) is 0.304. The van der Waals surface area contributed by atoms with E-state index in [4.69, 9.17) is 21.1 Å². The predicted molar refractivity (Wildman–Crippen MR) is 93.4 cm³/mol. The van der Waals surface area contributed by atoms with Crippen molar-refractivity contribution < 1.29 is 29.2 Å². The lowest BCUT2D eigenvalue weighted by Crippen LogP contribution is -2.50. The molecule has 0 aliphatic carbocycles. The Labute approximate surface area is 154 Å². The number of ether oxygens (including phenoxy) is 3. The maximum atomic E-state index is 11.2. The van der Waals surface area contributed by atoms with Crippen LogP contribution in [0.4, 0.5) is 0 Å². The van der Waals surface area contributed by atoms with E-state index in [-0.39, 0.29) is 29.4 Å². The number of esters is 1. The third kappa shape index (κ3) is 5.41. The van der Waals surface area contributed by atoms with Gasteiger partial charge in [0, 0.05) is 23.3 Å². The molecule has 25 heavy (non-hydrogen) atoms. The van der Waals surface area contributed by atoms with Crippen LogP contribution in [0.25, 0.3) is 0 Å². The third-order valence-electron chi connectivity index (χ3n) is 5.23. The Bertz CT molecular complexity index is 494. The van der Waals surface area contributed by atoms with Gasteiger partial charge in [0.25, 0.3) is 0 Å². The summed E-state index contributed by atoms with van der Waals surface area (Å²) in [6.45, 7) is 6.12. The number of methoxy groups -OCH3 is 1. The number of carbonyl (C=O) groups is 1. The van der Waals surface area contributed by atoms with Crippen molar-refractivity contribution >= 4 is 17.6 Å². The highest BCUT2D eigenvalue weighted by atomic mass is 35.5. The van der Waals surface area contributed by atoms with Crippen molar-refractivity contribution in [1.82, 2.24) is 0 Å². The smallest absolute Gasteiger partial charge is 0.330 e. The molecule has 0 aromatic carbocycles. The molecule has 0 unspecified atom stereocenters. The topological polar surface area (TPSA) is 88.5 Å². The van der Waals surface area contributed by atoms with Gasteiger partial charge in [-0.15, -0.1) is 11.6 Å². The highest BCUT2D eigenvalue weighted by Gasteiger charge is 2.48. The Balaban J connectivity index is 1.84. The minimum atomic E-state index is -0.999. The van der Waals surface area contributed by atoms with Crippen molar-refractivity contribution in [3.05, 3.63) is 11.6 Å². The van der Waals surface area contributed by atoms with E-state index in [2.05, 4.69) is 11.7 Å². The van der Waals surface area contributed by atoms with E-state index in [1.807, 2.05) is 6.92 Å². The molecule has 2 saturated heterocycles. The SMILES string of the molecule is COC(=O)/C=C(\C)C[C@@H]1OC[C@H](C[C@@H]2O[C@H]2[C@@H](C)[C@@H](C)Cl)[C@@H](O)[C@H]1O. The molecule has 0 saturated carbocycles. The van der Waals surface area contributed by atoms with Crippen LogP contribution in [-0.2, 0) is 19.0 Å². The summed E-state index contributed by atoms with van der Waals surface area (Å²) in [4.78, 5) is 11.2. The van der Waals surface area contributed by atoms with Gasteiger partial charge in [-0.3, -0.25) is 0 Å². The monoisotopic (exact) mass is 376 g/mol. The zero-order valence-corrected chi connectivity index (χ0v) is 16.0. The lowest BCUT2D eigenvalue weighted by molar-refractivity contribution is -0.165. The van der Waals surface area contributed by atoms with Gasteiger partial charge in [0.05, 0.1) is 38.1 Å². The van der Waals surface area contributed by atoms with Crippen molar-refractivity contribution in [2.75, 3.05) is 13.7 Å². The average Bonchev–Trinajstić information content (AvgIpc) is 3.32. The molecule has 0 aromatic heterocycles. The van der Waals surface area contributed by atoms with Crippen LogP contribution in [0.5, 0.6) is 0 Å². The van der Waals surface area contributed by atoms with E-state index in [0.717, 1.165) is 5.57 Å². The lowest BCUT2D eigenvalue weighted by atomic mass is 9.85. The molecule has 2 fully saturated rings. The van der Waals surface area contributed by atoms with Crippen LogP contribution in [-0.4, -0.2) is 65.8 Å². The normalized spacial score (nSPS) is 38.1. The van der Waals surface area contributed by atoms with E-state index in [1.54, 1.807) is 6.92 Å². The second kappa shape index (κ2) is 8.82. The maximum Gasteiger partial charge on any atom is 0.330 e. The number of hydrogen-bond acceptors (Lipinski definition) is 6. The fourth-order valence-electron chi connectivity index (χ4n) is 3.34. The number of carbonyl (C=O) groups excluding carboxylic acids is 1. The molecule has 0 aromatic rings. The Hall–Kier alpha value is -0.660. The molecule has 8 atom stereocenters. The van der Waals surface area contributed by atoms with E-state index in [0.29, 0.717) is 19.4 Å². The highest BCUT2D eigenvalue weighted by Crippen LogP contribution is 2.39. The molecule has 144 valence electrons. The first-order valence-electron chi connectivity index (χ1n) is 8.77. The number of hydrogen-bond donors (Lipinski definition) is 2. The number of aliphatic hydroxyl groups excluding tert-OH is 2. The van der Waals surface area contributed by atoms with E-state index in [9.17, 15) is 15.0 Å². The Kier molecular flexibility index (Phi) is 7.29. The van der Waals surface area contributed by atoms with Crippen LogP contribution in [0.2, 0.25) is 0 Å². The summed E-state index contributed by atoms with van der Waals surface area (Å²) in [7, 11) is 1.31. The van der Waals surface area contributed by atoms with Crippen LogP contribution >= 0.6 is 11.6 Å². The maximum absolute atomic E-state index is 11.2. The Morgan fingerprint density at radius 3 is 2.60 bits per heavy atom. The van der Waals surface area contributed by atoms with Crippen molar-refractivity contribution in [2.24, 2.45) is 11.8 Å². The molecule has 2 rings (SSSR count). The van der Waals surface area contributed by atoms with Crippen LogP contribution < -0.4 is 0 Å². The number of epoxide rings is 1. The van der Waals surface area contributed by atoms with Crippen molar-refractivity contribution in [3.63, 3.8) is 0 Å². The average molecular weight is 377 g/mol. The predicted octanol–water partition coefficient (Wildman–Crippen LogP) is 1.65. The van der Waals surface area contributed by atoms with E-state index < -0.39 is 24.3 Å². The van der Waals surface area contributed by atoms with Crippen LogP contribution in [0.3, 0.4) is 0 Å². The minimum absolute atomic E-state index is 0.0297. The molecule has 0 spiro atoms. The van der Waals surface area contributed by atoms with Gasteiger partial charge in [-0.1, -0.05) is 12.5 Å². The van der Waals surface area contributed by atoms with Crippen molar-refractivity contribution in [3.8, 4) is 0 Å². The fourth-order valence-corrected chi connectivity index (χ4v) is 3.48. The summed E-state index contributed by atoms with van der Waals surface area (Å²) in [5.74, 6) is -0.373. The summed E-state index contributed by atoms with van der Waals surface area (Å²) in [5, 5.41) is 20.8. The largest absolute Gasteiger partial charge is 0.466 e. The fraction of sp³-hybridized carbons (Fsp3) is 0.833. The Morgan fingerprint density at radius 2 is 2.00 bits per heavy atom. The number of rotatable bonds is 7. The zero-order valence-electron chi connectivity index (χ0n) is 15.2. The molecule has 2 N–H and O–H groups in total. The number of halogens is 1. The molecule has 0 bridgehead atoms. The summed E-state index contributed by atoms with van der Waals surface area (Å²) in [6, 6.07) is 0. The molecule has 2 aliphatic heterocycles. The van der Waals surface area contributed by atoms with Gasteiger partial charge in [-0.2, -0.15) is 0 Å². The molecule has 2 heterocycles. The summed E-state index contributed by atoms with van der Waals surface area (Å²) >= 11 is 6.10. The molecule has 0 amide bonds. The van der Waals surface area contributed by atoms with Gasteiger partial charge in [0.2, 0.25) is 0 Å². The molecular weight excluding hydrogens is 348 g/mol. The van der Waals surface area contributed by atoms with E-state index in [1.165, 1.54) is 13.2 Å². The van der Waals surface area contributed by atoms with Crippen LogP contribution in [0, 0.1) is 11.8 Å². The van der Waals surface area contributed by atoms with Gasteiger partial charge in [-0.05, 0) is 26.7 Å². The summed E-state index contributed by atoms with van der Waals surface area (Å²) in [6.07, 6.45) is 0.129. The van der Waals surface area contributed by atoms with Gasteiger partial charge in [0.1, 0.15) is 6.10 Å². The second-order valence-corrected chi connectivity index (χ2v) is 7.93. The van der Waals surface area contributed by atoms with Gasteiger partial charge in [-0.25, -0.2) is 4.79 Å². The van der Waals surface area contributed by atoms with Gasteiger partial charge in [0.15, 0.2) is 0 Å². The number of aliphatic hydroxyl groups is 2. The first kappa shape index (κ1) is 20.6.